The fourth-order valence-electron chi connectivity index (χ4n) is 2.11. The molecule has 1 aromatic heterocycles. The fourth-order valence-corrected chi connectivity index (χ4v) is 2.47. The van der Waals surface area contributed by atoms with E-state index in [0.29, 0.717) is 6.04 Å². The highest BCUT2D eigenvalue weighted by Crippen LogP contribution is 2.32. The van der Waals surface area contributed by atoms with Crippen molar-refractivity contribution in [1.29, 1.82) is 0 Å². The molecular formula is C11H11BrN2O. The quantitative estimate of drug-likeness (QED) is 0.847. The molecule has 0 bridgehead atoms. The van der Waals surface area contributed by atoms with E-state index in [-0.39, 0.29) is 5.69 Å². The van der Waals surface area contributed by atoms with Gasteiger partial charge in [0.2, 0.25) is 0 Å². The molecule has 1 N–H and O–H groups in total. The first kappa shape index (κ1) is 9.21. The van der Waals surface area contributed by atoms with Gasteiger partial charge in [-0.1, -0.05) is 15.9 Å². The van der Waals surface area contributed by atoms with Crippen LogP contribution in [-0.4, -0.2) is 9.55 Å². The zero-order valence-corrected chi connectivity index (χ0v) is 9.75. The number of rotatable bonds is 1. The summed E-state index contributed by atoms with van der Waals surface area (Å²) in [4.78, 5) is 14.7. The average Bonchev–Trinajstić information content (AvgIpc) is 2.40. The first-order valence-electron chi connectivity index (χ1n) is 5.15. The Morgan fingerprint density at radius 3 is 2.87 bits per heavy atom. The molecule has 78 valence electrons. The van der Waals surface area contributed by atoms with Crippen LogP contribution in [-0.2, 0) is 0 Å². The van der Waals surface area contributed by atoms with Gasteiger partial charge in [0.05, 0.1) is 11.0 Å². The number of imidazole rings is 1. The second-order valence-electron chi connectivity index (χ2n) is 4.05. The maximum atomic E-state index is 11.8. The Balaban J connectivity index is 2.27. The molecule has 3 rings (SSSR count). The van der Waals surface area contributed by atoms with Crippen molar-refractivity contribution in [2.24, 2.45) is 0 Å². The molecule has 0 saturated heterocycles. The molecule has 0 unspecified atom stereocenters. The van der Waals surface area contributed by atoms with Gasteiger partial charge in [-0.2, -0.15) is 0 Å². The lowest BCUT2D eigenvalue weighted by Gasteiger charge is -2.26. The van der Waals surface area contributed by atoms with Crippen molar-refractivity contribution in [1.82, 2.24) is 9.55 Å². The molecule has 1 fully saturated rings. The molecule has 0 aliphatic heterocycles. The Morgan fingerprint density at radius 1 is 1.40 bits per heavy atom. The Labute approximate surface area is 95.2 Å². The van der Waals surface area contributed by atoms with Gasteiger partial charge in [-0.25, -0.2) is 4.79 Å². The van der Waals surface area contributed by atoms with Gasteiger partial charge in [-0.3, -0.25) is 4.57 Å². The molecule has 3 nitrogen and oxygen atoms in total. The highest BCUT2D eigenvalue weighted by molar-refractivity contribution is 9.10. The molecule has 1 saturated carbocycles. The Kier molecular flexibility index (Phi) is 1.99. The number of aromatic nitrogens is 2. The number of H-pyrrole nitrogens is 1. The Bertz CT molecular complexity index is 565. The molecule has 0 spiro atoms. The highest BCUT2D eigenvalue weighted by Gasteiger charge is 2.23. The number of hydrogen-bond donors (Lipinski definition) is 1. The smallest absolute Gasteiger partial charge is 0.305 e. The lowest BCUT2D eigenvalue weighted by molar-refractivity contribution is 0.314. The summed E-state index contributed by atoms with van der Waals surface area (Å²) in [7, 11) is 0. The number of benzene rings is 1. The molecule has 2 aromatic rings. The van der Waals surface area contributed by atoms with Gasteiger partial charge in [-0.15, -0.1) is 0 Å². The molecule has 1 aliphatic rings. The first-order valence-corrected chi connectivity index (χ1v) is 5.95. The van der Waals surface area contributed by atoms with E-state index in [9.17, 15) is 4.79 Å². The second kappa shape index (κ2) is 3.23. The number of fused-ring (bicyclic) bond motifs is 1. The van der Waals surface area contributed by atoms with Gasteiger partial charge in [0, 0.05) is 10.5 Å². The van der Waals surface area contributed by atoms with E-state index in [1.807, 2.05) is 22.8 Å². The summed E-state index contributed by atoms with van der Waals surface area (Å²) >= 11 is 3.40. The molecule has 0 amide bonds. The van der Waals surface area contributed by atoms with Crippen LogP contribution in [0.1, 0.15) is 25.3 Å². The number of halogens is 1. The van der Waals surface area contributed by atoms with Crippen LogP contribution in [0.5, 0.6) is 0 Å². The summed E-state index contributed by atoms with van der Waals surface area (Å²) in [6, 6.07) is 6.33. The van der Waals surface area contributed by atoms with Crippen molar-refractivity contribution in [3.05, 3.63) is 33.2 Å². The van der Waals surface area contributed by atoms with Gasteiger partial charge in [0.15, 0.2) is 0 Å². The fraction of sp³-hybridized carbons (Fsp3) is 0.364. The third-order valence-corrected chi connectivity index (χ3v) is 3.61. The lowest BCUT2D eigenvalue weighted by atomic mass is 9.93. The van der Waals surface area contributed by atoms with E-state index in [1.54, 1.807) is 0 Å². The van der Waals surface area contributed by atoms with Crippen molar-refractivity contribution in [3.8, 4) is 0 Å². The van der Waals surface area contributed by atoms with Crippen LogP contribution in [0.3, 0.4) is 0 Å². The third-order valence-electron chi connectivity index (χ3n) is 3.12. The average molecular weight is 267 g/mol. The Hall–Kier alpha value is -1.03. The maximum absolute atomic E-state index is 11.8. The van der Waals surface area contributed by atoms with Gasteiger partial charge in [0.1, 0.15) is 0 Å². The third kappa shape index (κ3) is 1.35. The van der Waals surface area contributed by atoms with E-state index < -0.39 is 0 Å². The molecule has 0 atom stereocenters. The lowest BCUT2D eigenvalue weighted by Crippen LogP contribution is -2.26. The van der Waals surface area contributed by atoms with Crippen molar-refractivity contribution in [2.45, 2.75) is 25.3 Å². The van der Waals surface area contributed by atoms with Crippen LogP contribution < -0.4 is 5.69 Å². The highest BCUT2D eigenvalue weighted by atomic mass is 79.9. The summed E-state index contributed by atoms with van der Waals surface area (Å²) in [5.41, 5.74) is 1.96. The standard InChI is InChI=1S/C11H11BrN2O/c12-7-4-5-10-9(6-7)13-11(15)14(10)8-2-1-3-8/h4-6,8H,1-3H2,(H,13,15). The normalized spacial score (nSPS) is 16.9. The minimum Gasteiger partial charge on any atom is -0.305 e. The summed E-state index contributed by atoms with van der Waals surface area (Å²) in [5.74, 6) is 0. The van der Waals surface area contributed by atoms with Gasteiger partial charge < -0.3 is 4.98 Å². The van der Waals surface area contributed by atoms with Crippen LogP contribution in [0.25, 0.3) is 11.0 Å². The van der Waals surface area contributed by atoms with Gasteiger partial charge in [0.25, 0.3) is 0 Å². The predicted molar refractivity (Wildman–Crippen MR) is 63.1 cm³/mol. The van der Waals surface area contributed by atoms with Crippen molar-refractivity contribution >= 4 is 27.0 Å². The Morgan fingerprint density at radius 2 is 2.20 bits per heavy atom. The molecule has 4 heteroatoms. The summed E-state index contributed by atoms with van der Waals surface area (Å²) in [6.07, 6.45) is 3.49. The molecule has 1 aliphatic carbocycles. The summed E-state index contributed by atoms with van der Waals surface area (Å²) in [5, 5.41) is 0. The van der Waals surface area contributed by atoms with Crippen LogP contribution in [0.2, 0.25) is 0 Å². The first-order chi connectivity index (χ1) is 7.25. The molecular weight excluding hydrogens is 256 g/mol. The minimum absolute atomic E-state index is 0.0211. The molecule has 0 radical (unpaired) electrons. The zero-order chi connectivity index (χ0) is 10.4. The SMILES string of the molecule is O=c1[nH]c2cc(Br)ccc2n1C1CCC1. The van der Waals surface area contributed by atoms with Crippen LogP contribution in [0.4, 0.5) is 0 Å². The second-order valence-corrected chi connectivity index (χ2v) is 4.96. The molecule has 15 heavy (non-hydrogen) atoms. The van der Waals surface area contributed by atoms with Crippen LogP contribution >= 0.6 is 15.9 Å². The van der Waals surface area contributed by atoms with E-state index in [2.05, 4.69) is 20.9 Å². The van der Waals surface area contributed by atoms with Crippen molar-refractivity contribution < 1.29 is 0 Å². The molecule has 1 heterocycles. The minimum atomic E-state index is 0.0211. The summed E-state index contributed by atoms with van der Waals surface area (Å²) in [6.45, 7) is 0. The number of nitrogens with one attached hydrogen (secondary N) is 1. The van der Waals surface area contributed by atoms with Crippen LogP contribution in [0, 0.1) is 0 Å². The van der Waals surface area contributed by atoms with Gasteiger partial charge in [-0.05, 0) is 37.5 Å². The molecule has 1 aromatic carbocycles. The van der Waals surface area contributed by atoms with Crippen molar-refractivity contribution in [3.63, 3.8) is 0 Å². The topological polar surface area (TPSA) is 37.8 Å². The largest absolute Gasteiger partial charge is 0.326 e. The predicted octanol–water partition coefficient (Wildman–Crippen LogP) is 2.82. The van der Waals surface area contributed by atoms with E-state index in [1.165, 1.54) is 6.42 Å². The van der Waals surface area contributed by atoms with Crippen molar-refractivity contribution in [2.75, 3.05) is 0 Å². The van der Waals surface area contributed by atoms with Crippen LogP contribution in [0.15, 0.2) is 27.5 Å². The number of nitrogens with zero attached hydrogens (tertiary/aromatic N) is 1. The summed E-state index contributed by atoms with van der Waals surface area (Å²) < 4.78 is 2.89. The van der Waals surface area contributed by atoms with E-state index in [4.69, 9.17) is 0 Å². The number of aromatic amines is 1. The van der Waals surface area contributed by atoms with E-state index >= 15 is 0 Å². The number of hydrogen-bond acceptors (Lipinski definition) is 1. The zero-order valence-electron chi connectivity index (χ0n) is 8.16. The monoisotopic (exact) mass is 266 g/mol. The van der Waals surface area contributed by atoms with E-state index in [0.717, 1.165) is 28.3 Å². The van der Waals surface area contributed by atoms with Gasteiger partial charge >= 0.3 is 5.69 Å². The maximum Gasteiger partial charge on any atom is 0.326 e.